The lowest BCUT2D eigenvalue weighted by molar-refractivity contribution is -0.123. The number of rotatable bonds is 6. The second-order valence-corrected chi connectivity index (χ2v) is 8.89. The summed E-state index contributed by atoms with van der Waals surface area (Å²) in [7, 11) is 0. The van der Waals surface area contributed by atoms with Crippen LogP contribution in [0.25, 0.3) is 0 Å². The Balaban J connectivity index is 1.48. The number of ether oxygens (including phenoxy) is 1. The molecule has 3 aromatic rings. The third-order valence-corrected chi connectivity index (χ3v) is 6.21. The van der Waals surface area contributed by atoms with Crippen LogP contribution in [-0.4, -0.2) is 23.6 Å². The van der Waals surface area contributed by atoms with Gasteiger partial charge in [-0.15, -0.1) is 0 Å². The van der Waals surface area contributed by atoms with Crippen molar-refractivity contribution in [3.05, 3.63) is 81.9 Å². The maximum atomic E-state index is 13.0. The molecule has 2 unspecified atom stereocenters. The molecule has 0 saturated heterocycles. The van der Waals surface area contributed by atoms with Crippen LogP contribution in [0.3, 0.4) is 0 Å². The highest BCUT2D eigenvalue weighted by molar-refractivity contribution is 6.30. The van der Waals surface area contributed by atoms with Gasteiger partial charge in [-0.05, 0) is 98.0 Å². The number of phenolic OH excluding ortho intramolecular Hbond substituents is 1. The number of phenols is 1. The van der Waals surface area contributed by atoms with Crippen molar-refractivity contribution < 1.29 is 14.6 Å². The molecule has 6 nitrogen and oxygen atoms in total. The molecule has 0 aliphatic carbocycles. The second-order valence-electron chi connectivity index (χ2n) is 8.45. The van der Waals surface area contributed by atoms with E-state index in [1.165, 1.54) is 0 Å². The molecule has 0 fully saturated rings. The number of benzene rings is 3. The average Bonchev–Trinajstić information content (AvgIpc) is 2.78. The van der Waals surface area contributed by atoms with Crippen molar-refractivity contribution >= 4 is 23.2 Å². The van der Waals surface area contributed by atoms with Gasteiger partial charge >= 0.3 is 0 Å². The standard InChI is InChI=1S/C26H28ClN3O3/c1-15-11-18(31)12-16(2)21(15)14-23(28)26(32)30-25-9-10-29-24-8-7-20(13-22(24)25)33-19-5-3-17(27)4-6-19/h3-8,11-13,23,25,29,31H,9-10,14,28H2,1-2H3,(H,30,32). The number of fused-ring (bicyclic) bond motifs is 1. The molecule has 0 aromatic heterocycles. The monoisotopic (exact) mass is 465 g/mol. The lowest BCUT2D eigenvalue weighted by Gasteiger charge is -2.29. The number of anilines is 1. The maximum Gasteiger partial charge on any atom is 0.237 e. The molecule has 7 heteroatoms. The van der Waals surface area contributed by atoms with Crippen LogP contribution in [0.5, 0.6) is 17.2 Å². The molecule has 1 aliphatic rings. The Morgan fingerprint density at radius 2 is 1.82 bits per heavy atom. The zero-order chi connectivity index (χ0) is 23.5. The molecule has 0 radical (unpaired) electrons. The summed E-state index contributed by atoms with van der Waals surface area (Å²) in [5, 5.41) is 16.9. The van der Waals surface area contributed by atoms with Crippen LogP contribution in [0.2, 0.25) is 5.02 Å². The van der Waals surface area contributed by atoms with Gasteiger partial charge in [0.15, 0.2) is 0 Å². The minimum absolute atomic E-state index is 0.171. The highest BCUT2D eigenvalue weighted by atomic mass is 35.5. The number of aromatic hydroxyl groups is 1. The summed E-state index contributed by atoms with van der Waals surface area (Å²) in [6, 6.07) is 15.5. The summed E-state index contributed by atoms with van der Waals surface area (Å²) in [5.74, 6) is 1.38. The number of aryl methyl sites for hydroxylation is 2. The van der Waals surface area contributed by atoms with Crippen LogP contribution < -0.4 is 21.1 Å². The van der Waals surface area contributed by atoms with E-state index in [4.69, 9.17) is 22.1 Å². The minimum atomic E-state index is -0.696. The Labute approximate surface area is 198 Å². The lowest BCUT2D eigenvalue weighted by Crippen LogP contribution is -2.44. The van der Waals surface area contributed by atoms with E-state index in [9.17, 15) is 9.90 Å². The maximum absolute atomic E-state index is 13.0. The van der Waals surface area contributed by atoms with E-state index in [1.807, 2.05) is 44.2 Å². The molecule has 0 saturated carbocycles. The summed E-state index contributed by atoms with van der Waals surface area (Å²) < 4.78 is 5.97. The molecule has 0 spiro atoms. The van der Waals surface area contributed by atoms with E-state index >= 15 is 0 Å². The number of carbonyl (C=O) groups excluding carboxylic acids is 1. The van der Waals surface area contributed by atoms with Crippen LogP contribution in [0.15, 0.2) is 54.6 Å². The van der Waals surface area contributed by atoms with Crippen molar-refractivity contribution in [1.29, 1.82) is 0 Å². The van der Waals surface area contributed by atoms with Gasteiger partial charge in [-0.3, -0.25) is 4.79 Å². The summed E-state index contributed by atoms with van der Waals surface area (Å²) >= 11 is 5.95. The van der Waals surface area contributed by atoms with Crippen molar-refractivity contribution in [3.63, 3.8) is 0 Å². The van der Waals surface area contributed by atoms with E-state index in [1.54, 1.807) is 24.3 Å². The normalized spacial score (nSPS) is 15.8. The second kappa shape index (κ2) is 9.73. The fourth-order valence-electron chi connectivity index (χ4n) is 4.23. The van der Waals surface area contributed by atoms with Crippen molar-refractivity contribution in [2.75, 3.05) is 11.9 Å². The van der Waals surface area contributed by atoms with Crippen molar-refractivity contribution in [2.24, 2.45) is 5.73 Å². The first kappa shape index (κ1) is 23.0. The highest BCUT2D eigenvalue weighted by Crippen LogP contribution is 2.34. The highest BCUT2D eigenvalue weighted by Gasteiger charge is 2.25. The quantitative estimate of drug-likeness (QED) is 0.411. The summed E-state index contributed by atoms with van der Waals surface area (Å²) in [5.41, 5.74) is 11.0. The number of halogens is 1. The summed E-state index contributed by atoms with van der Waals surface area (Å²) in [6.45, 7) is 4.58. The van der Waals surface area contributed by atoms with Gasteiger partial charge in [0, 0.05) is 22.8 Å². The number of amides is 1. The van der Waals surface area contributed by atoms with Crippen LogP contribution in [0, 0.1) is 13.8 Å². The Kier molecular flexibility index (Phi) is 6.77. The molecule has 3 aromatic carbocycles. The number of nitrogens with two attached hydrogens (primary N) is 1. The van der Waals surface area contributed by atoms with Crippen LogP contribution in [-0.2, 0) is 11.2 Å². The molecule has 2 atom stereocenters. The lowest BCUT2D eigenvalue weighted by atomic mass is 9.94. The largest absolute Gasteiger partial charge is 0.508 e. The Morgan fingerprint density at radius 3 is 2.52 bits per heavy atom. The van der Waals surface area contributed by atoms with E-state index < -0.39 is 6.04 Å². The van der Waals surface area contributed by atoms with Crippen molar-refractivity contribution in [2.45, 2.75) is 38.8 Å². The molecule has 4 rings (SSSR count). The van der Waals surface area contributed by atoms with Gasteiger partial charge in [0.1, 0.15) is 17.2 Å². The first-order chi connectivity index (χ1) is 15.8. The van der Waals surface area contributed by atoms with Gasteiger partial charge in [-0.2, -0.15) is 0 Å². The van der Waals surface area contributed by atoms with Gasteiger partial charge in [0.2, 0.25) is 5.91 Å². The smallest absolute Gasteiger partial charge is 0.237 e. The van der Waals surface area contributed by atoms with Crippen LogP contribution in [0.4, 0.5) is 5.69 Å². The van der Waals surface area contributed by atoms with E-state index in [-0.39, 0.29) is 17.7 Å². The number of nitrogens with one attached hydrogen (secondary N) is 2. The molecule has 1 heterocycles. The first-order valence-corrected chi connectivity index (χ1v) is 11.3. The Bertz CT molecular complexity index is 1140. The van der Waals surface area contributed by atoms with Crippen molar-refractivity contribution in [3.8, 4) is 17.2 Å². The third-order valence-electron chi connectivity index (χ3n) is 5.95. The predicted molar refractivity (Wildman–Crippen MR) is 131 cm³/mol. The first-order valence-electron chi connectivity index (χ1n) is 11.0. The fraction of sp³-hybridized carbons (Fsp3) is 0.269. The van der Waals surface area contributed by atoms with Gasteiger partial charge in [0.05, 0.1) is 12.1 Å². The molecule has 1 amide bonds. The van der Waals surface area contributed by atoms with Crippen LogP contribution in [0.1, 0.15) is 34.7 Å². The number of hydrogen-bond donors (Lipinski definition) is 4. The van der Waals surface area contributed by atoms with Gasteiger partial charge < -0.3 is 26.2 Å². The molecule has 172 valence electrons. The molecule has 0 bridgehead atoms. The van der Waals surface area contributed by atoms with Crippen molar-refractivity contribution in [1.82, 2.24) is 5.32 Å². The minimum Gasteiger partial charge on any atom is -0.508 e. The molecular formula is C26H28ClN3O3. The summed E-state index contributed by atoms with van der Waals surface area (Å²) in [6.07, 6.45) is 1.15. The van der Waals surface area contributed by atoms with E-state index in [2.05, 4.69) is 10.6 Å². The molecule has 5 N–H and O–H groups in total. The summed E-state index contributed by atoms with van der Waals surface area (Å²) in [4.78, 5) is 13.0. The molecular weight excluding hydrogens is 438 g/mol. The third kappa shape index (κ3) is 5.41. The van der Waals surface area contributed by atoms with Gasteiger partial charge in [-0.25, -0.2) is 0 Å². The average molecular weight is 466 g/mol. The number of carbonyl (C=O) groups is 1. The van der Waals surface area contributed by atoms with Gasteiger partial charge in [0.25, 0.3) is 0 Å². The van der Waals surface area contributed by atoms with Crippen LogP contribution >= 0.6 is 11.6 Å². The zero-order valence-corrected chi connectivity index (χ0v) is 19.4. The zero-order valence-electron chi connectivity index (χ0n) is 18.7. The van der Waals surface area contributed by atoms with E-state index in [0.717, 1.165) is 40.9 Å². The molecule has 1 aliphatic heterocycles. The predicted octanol–water partition coefficient (Wildman–Crippen LogP) is 5.00. The topological polar surface area (TPSA) is 96.6 Å². The SMILES string of the molecule is Cc1cc(O)cc(C)c1CC(N)C(=O)NC1CCNc2ccc(Oc3ccc(Cl)cc3)cc21. The number of hydrogen-bond acceptors (Lipinski definition) is 5. The van der Waals surface area contributed by atoms with Gasteiger partial charge in [-0.1, -0.05) is 11.6 Å². The molecule has 33 heavy (non-hydrogen) atoms. The Morgan fingerprint density at radius 1 is 1.15 bits per heavy atom. The van der Waals surface area contributed by atoms with E-state index in [0.29, 0.717) is 22.9 Å². The Hall–Kier alpha value is -3.22. The fourth-order valence-corrected chi connectivity index (χ4v) is 4.36.